The number of likely N-dealkylation sites (N-methyl/N-ethyl adjacent to an activating group) is 1. The quantitative estimate of drug-likeness (QED) is 0.711. The second kappa shape index (κ2) is 9.57. The molecule has 3 rings (SSSR count). The number of hydrogen-bond acceptors (Lipinski definition) is 4. The van der Waals surface area contributed by atoms with E-state index in [2.05, 4.69) is 0 Å². The van der Waals surface area contributed by atoms with Crippen molar-refractivity contribution >= 4 is 23.5 Å². The number of carbonyl (C=O) groups is 3. The Morgan fingerprint density at radius 2 is 1.60 bits per heavy atom. The van der Waals surface area contributed by atoms with Crippen LogP contribution in [0, 0.1) is 12.8 Å². The molecule has 0 aliphatic carbocycles. The predicted octanol–water partition coefficient (Wildman–Crippen LogP) is 3.44. The number of aryl methyl sites for hydroxylation is 1. The Morgan fingerprint density at radius 1 is 1.00 bits per heavy atom. The number of hydrogen-bond donors (Lipinski definition) is 0. The number of piperidine rings is 1. The fourth-order valence-electron chi connectivity index (χ4n) is 3.67. The predicted molar refractivity (Wildman–Crippen MR) is 115 cm³/mol. The normalized spacial score (nSPS) is 15.4. The van der Waals surface area contributed by atoms with E-state index in [1.165, 1.54) is 4.90 Å². The van der Waals surface area contributed by atoms with Crippen molar-refractivity contribution in [1.82, 2.24) is 4.90 Å². The van der Waals surface area contributed by atoms with E-state index in [-0.39, 0.29) is 23.7 Å². The van der Waals surface area contributed by atoms with Gasteiger partial charge in [-0.05, 0) is 50.5 Å². The van der Waals surface area contributed by atoms with E-state index in [1.807, 2.05) is 61.5 Å². The molecule has 1 atom stereocenters. The number of amides is 2. The van der Waals surface area contributed by atoms with Crippen LogP contribution in [0.5, 0.6) is 0 Å². The molecule has 1 aliphatic rings. The number of para-hydroxylation sites is 1. The molecule has 1 heterocycles. The van der Waals surface area contributed by atoms with Crippen molar-refractivity contribution in [2.75, 3.05) is 25.0 Å². The maximum absolute atomic E-state index is 12.7. The standard InChI is InChI=1S/C24H28N2O4/c1-17-9-7-8-12-21(17)23(28)26-15-13-19(14-16-26)24(29)30-18(2)22(27)25(3)20-10-5-4-6-11-20/h4-12,18-19H,13-16H2,1-3H3. The molecule has 0 spiro atoms. The lowest BCUT2D eigenvalue weighted by molar-refractivity contribution is -0.159. The topological polar surface area (TPSA) is 66.9 Å². The summed E-state index contributed by atoms with van der Waals surface area (Å²) in [5.41, 5.74) is 2.38. The van der Waals surface area contributed by atoms with E-state index < -0.39 is 6.10 Å². The van der Waals surface area contributed by atoms with Crippen molar-refractivity contribution < 1.29 is 19.1 Å². The van der Waals surface area contributed by atoms with Crippen LogP contribution in [-0.4, -0.2) is 48.9 Å². The molecule has 2 amide bonds. The Morgan fingerprint density at radius 3 is 2.23 bits per heavy atom. The first-order valence-electron chi connectivity index (χ1n) is 10.3. The molecule has 1 aliphatic heterocycles. The van der Waals surface area contributed by atoms with Crippen LogP contribution in [0.2, 0.25) is 0 Å². The summed E-state index contributed by atoms with van der Waals surface area (Å²) in [6.45, 7) is 4.51. The molecule has 158 valence electrons. The summed E-state index contributed by atoms with van der Waals surface area (Å²) in [5.74, 6) is -0.960. The van der Waals surface area contributed by atoms with E-state index in [1.54, 1.807) is 18.9 Å². The largest absolute Gasteiger partial charge is 0.452 e. The third-order valence-corrected chi connectivity index (χ3v) is 5.61. The first-order valence-corrected chi connectivity index (χ1v) is 10.3. The average molecular weight is 408 g/mol. The molecule has 30 heavy (non-hydrogen) atoms. The summed E-state index contributed by atoms with van der Waals surface area (Å²) in [6.07, 6.45) is 0.201. The highest BCUT2D eigenvalue weighted by Crippen LogP contribution is 2.22. The van der Waals surface area contributed by atoms with E-state index in [0.29, 0.717) is 31.5 Å². The average Bonchev–Trinajstić information content (AvgIpc) is 2.78. The molecular weight excluding hydrogens is 380 g/mol. The first kappa shape index (κ1) is 21.6. The molecular formula is C24H28N2O4. The van der Waals surface area contributed by atoms with Gasteiger partial charge in [-0.3, -0.25) is 14.4 Å². The summed E-state index contributed by atoms with van der Waals surface area (Å²) >= 11 is 0. The maximum atomic E-state index is 12.7. The lowest BCUT2D eigenvalue weighted by atomic mass is 9.96. The van der Waals surface area contributed by atoms with Gasteiger partial charge in [-0.1, -0.05) is 36.4 Å². The van der Waals surface area contributed by atoms with E-state index in [4.69, 9.17) is 4.74 Å². The molecule has 1 fully saturated rings. The van der Waals surface area contributed by atoms with Crippen LogP contribution in [0.15, 0.2) is 54.6 Å². The SMILES string of the molecule is Cc1ccccc1C(=O)N1CCC(C(=O)OC(C)C(=O)N(C)c2ccccc2)CC1. The molecule has 0 bridgehead atoms. The number of likely N-dealkylation sites (tertiary alicyclic amines) is 1. The highest BCUT2D eigenvalue weighted by molar-refractivity contribution is 5.97. The monoisotopic (exact) mass is 408 g/mol. The lowest BCUT2D eigenvalue weighted by Crippen LogP contribution is -2.43. The van der Waals surface area contributed by atoms with Gasteiger partial charge >= 0.3 is 5.97 Å². The van der Waals surface area contributed by atoms with Crippen molar-refractivity contribution in [1.29, 1.82) is 0 Å². The van der Waals surface area contributed by atoms with Crippen LogP contribution in [-0.2, 0) is 14.3 Å². The molecule has 1 unspecified atom stereocenters. The molecule has 0 radical (unpaired) electrons. The lowest BCUT2D eigenvalue weighted by Gasteiger charge is -2.32. The minimum Gasteiger partial charge on any atom is -0.452 e. The van der Waals surface area contributed by atoms with Crippen LogP contribution < -0.4 is 4.90 Å². The van der Waals surface area contributed by atoms with Crippen molar-refractivity contribution in [2.45, 2.75) is 32.8 Å². The fraction of sp³-hybridized carbons (Fsp3) is 0.375. The van der Waals surface area contributed by atoms with Gasteiger partial charge in [0.05, 0.1) is 5.92 Å². The van der Waals surface area contributed by atoms with Gasteiger partial charge in [0.1, 0.15) is 0 Å². The Balaban J connectivity index is 1.52. The van der Waals surface area contributed by atoms with Gasteiger partial charge in [-0.25, -0.2) is 0 Å². The van der Waals surface area contributed by atoms with E-state index in [0.717, 1.165) is 11.3 Å². The molecule has 0 N–H and O–H groups in total. The number of anilines is 1. The zero-order chi connectivity index (χ0) is 21.7. The third-order valence-electron chi connectivity index (χ3n) is 5.61. The maximum Gasteiger partial charge on any atom is 0.309 e. The molecule has 2 aromatic carbocycles. The number of carbonyl (C=O) groups excluding carboxylic acids is 3. The zero-order valence-electron chi connectivity index (χ0n) is 17.7. The van der Waals surface area contributed by atoms with Crippen LogP contribution in [0.25, 0.3) is 0 Å². The second-order valence-corrected chi connectivity index (χ2v) is 7.69. The Hall–Kier alpha value is -3.15. The highest BCUT2D eigenvalue weighted by Gasteiger charge is 2.31. The highest BCUT2D eigenvalue weighted by atomic mass is 16.5. The van der Waals surface area contributed by atoms with Crippen molar-refractivity contribution in [3.05, 3.63) is 65.7 Å². The molecule has 0 saturated carbocycles. The number of benzene rings is 2. The van der Waals surface area contributed by atoms with Crippen LogP contribution in [0.3, 0.4) is 0 Å². The van der Waals surface area contributed by atoms with Gasteiger partial charge < -0.3 is 14.5 Å². The number of nitrogens with zero attached hydrogens (tertiary/aromatic N) is 2. The smallest absolute Gasteiger partial charge is 0.309 e. The Kier molecular flexibility index (Phi) is 6.87. The summed E-state index contributed by atoms with van der Waals surface area (Å²) in [5, 5.41) is 0. The van der Waals surface area contributed by atoms with Gasteiger partial charge in [-0.2, -0.15) is 0 Å². The van der Waals surface area contributed by atoms with Gasteiger partial charge in [0.2, 0.25) is 0 Å². The number of ether oxygens (including phenoxy) is 1. The number of esters is 1. The summed E-state index contributed by atoms with van der Waals surface area (Å²) in [4.78, 5) is 41.2. The minimum atomic E-state index is -0.866. The van der Waals surface area contributed by atoms with Crippen LogP contribution in [0.1, 0.15) is 35.7 Å². The summed E-state index contributed by atoms with van der Waals surface area (Å²) in [6, 6.07) is 16.7. The molecule has 0 aromatic heterocycles. The van der Waals surface area contributed by atoms with Gasteiger partial charge in [-0.15, -0.1) is 0 Å². The second-order valence-electron chi connectivity index (χ2n) is 7.69. The Labute approximate surface area is 177 Å². The Bertz CT molecular complexity index is 904. The zero-order valence-corrected chi connectivity index (χ0v) is 17.7. The first-order chi connectivity index (χ1) is 14.4. The minimum absolute atomic E-state index is 0.00653. The third kappa shape index (κ3) is 4.87. The van der Waals surface area contributed by atoms with Crippen LogP contribution in [0.4, 0.5) is 5.69 Å². The van der Waals surface area contributed by atoms with Crippen molar-refractivity contribution in [3.63, 3.8) is 0 Å². The van der Waals surface area contributed by atoms with Gasteiger partial charge in [0.25, 0.3) is 11.8 Å². The molecule has 2 aromatic rings. The molecule has 6 heteroatoms. The summed E-state index contributed by atoms with van der Waals surface area (Å²) in [7, 11) is 1.66. The van der Waals surface area contributed by atoms with E-state index in [9.17, 15) is 14.4 Å². The van der Waals surface area contributed by atoms with Crippen LogP contribution >= 0.6 is 0 Å². The van der Waals surface area contributed by atoms with E-state index >= 15 is 0 Å². The summed E-state index contributed by atoms with van der Waals surface area (Å²) < 4.78 is 5.46. The molecule has 1 saturated heterocycles. The molecule has 6 nitrogen and oxygen atoms in total. The number of rotatable bonds is 5. The van der Waals surface area contributed by atoms with Gasteiger partial charge in [0.15, 0.2) is 6.10 Å². The van der Waals surface area contributed by atoms with Crippen molar-refractivity contribution in [3.8, 4) is 0 Å². The van der Waals surface area contributed by atoms with Gasteiger partial charge in [0, 0.05) is 31.4 Å². The van der Waals surface area contributed by atoms with Crippen molar-refractivity contribution in [2.24, 2.45) is 5.92 Å². The fourth-order valence-corrected chi connectivity index (χ4v) is 3.67.